The van der Waals surface area contributed by atoms with Gasteiger partial charge in [0.1, 0.15) is 12.0 Å². The van der Waals surface area contributed by atoms with Gasteiger partial charge in [-0.2, -0.15) is 0 Å². The van der Waals surface area contributed by atoms with Gasteiger partial charge in [0.2, 0.25) is 0 Å². The molecule has 0 aliphatic heterocycles. The van der Waals surface area contributed by atoms with E-state index in [9.17, 15) is 9.90 Å². The smallest absolute Gasteiger partial charge is 0.123 e. The van der Waals surface area contributed by atoms with E-state index in [0.29, 0.717) is 18.1 Å². The molecule has 1 N–H and O–H groups in total. The lowest BCUT2D eigenvalue weighted by Gasteiger charge is -2.10. The lowest BCUT2D eigenvalue weighted by atomic mass is 9.96. The summed E-state index contributed by atoms with van der Waals surface area (Å²) in [6, 6.07) is 5.71. The van der Waals surface area contributed by atoms with E-state index in [1.807, 2.05) is 19.1 Å². The van der Waals surface area contributed by atoms with Gasteiger partial charge in [0.05, 0.1) is 0 Å². The van der Waals surface area contributed by atoms with Crippen molar-refractivity contribution < 1.29 is 9.90 Å². The summed E-state index contributed by atoms with van der Waals surface area (Å²) in [6.45, 7) is 6.02. The van der Waals surface area contributed by atoms with Gasteiger partial charge in [-0.05, 0) is 29.5 Å². The minimum atomic E-state index is -0.0409. The van der Waals surface area contributed by atoms with E-state index in [0.717, 1.165) is 17.4 Å². The van der Waals surface area contributed by atoms with E-state index < -0.39 is 0 Å². The number of aldehydes is 1. The molecule has 1 rings (SSSR count). The average molecular weight is 206 g/mol. The first kappa shape index (κ1) is 11.8. The molecule has 0 aliphatic carbocycles. The van der Waals surface area contributed by atoms with Crippen molar-refractivity contribution in [2.75, 3.05) is 0 Å². The third-order valence-electron chi connectivity index (χ3n) is 2.55. The van der Waals surface area contributed by atoms with Gasteiger partial charge in [-0.3, -0.25) is 0 Å². The van der Waals surface area contributed by atoms with Gasteiger partial charge < -0.3 is 9.90 Å². The van der Waals surface area contributed by atoms with E-state index in [4.69, 9.17) is 0 Å². The molecule has 0 saturated heterocycles. The number of benzene rings is 1. The highest BCUT2D eigenvalue weighted by Crippen LogP contribution is 2.25. The largest absolute Gasteiger partial charge is 0.508 e. The molecule has 0 bridgehead atoms. The van der Waals surface area contributed by atoms with Crippen LogP contribution in [0.3, 0.4) is 0 Å². The zero-order valence-electron chi connectivity index (χ0n) is 9.53. The minimum absolute atomic E-state index is 0.0409. The normalized spacial score (nSPS) is 12.8. The molecule has 15 heavy (non-hydrogen) atoms. The molecule has 1 aromatic carbocycles. The average Bonchev–Trinajstić information content (AvgIpc) is 2.20. The number of aromatic hydroxyl groups is 1. The van der Waals surface area contributed by atoms with Crippen molar-refractivity contribution in [3.63, 3.8) is 0 Å². The van der Waals surface area contributed by atoms with Gasteiger partial charge in [0.15, 0.2) is 0 Å². The third-order valence-corrected chi connectivity index (χ3v) is 2.55. The molecule has 0 fully saturated rings. The van der Waals surface area contributed by atoms with Crippen molar-refractivity contribution in [2.45, 2.75) is 33.1 Å². The van der Waals surface area contributed by atoms with Crippen LogP contribution in [-0.2, 0) is 11.2 Å². The predicted molar refractivity (Wildman–Crippen MR) is 61.1 cm³/mol. The Morgan fingerprint density at radius 2 is 2.00 bits per heavy atom. The van der Waals surface area contributed by atoms with Crippen LogP contribution in [0.4, 0.5) is 0 Å². The molecule has 0 radical (unpaired) electrons. The highest BCUT2D eigenvalue weighted by atomic mass is 16.3. The van der Waals surface area contributed by atoms with Crippen LogP contribution < -0.4 is 0 Å². The summed E-state index contributed by atoms with van der Waals surface area (Å²) in [5, 5.41) is 9.77. The quantitative estimate of drug-likeness (QED) is 0.769. The molecular weight excluding hydrogens is 188 g/mol. The molecule has 0 spiro atoms. The van der Waals surface area contributed by atoms with E-state index in [1.54, 1.807) is 6.07 Å². The molecule has 1 aromatic rings. The Kier molecular flexibility index (Phi) is 3.89. The van der Waals surface area contributed by atoms with Gasteiger partial charge in [-0.25, -0.2) is 0 Å². The lowest BCUT2D eigenvalue weighted by Crippen LogP contribution is -2.01. The summed E-state index contributed by atoms with van der Waals surface area (Å²) in [5.74, 6) is 0.671. The van der Waals surface area contributed by atoms with Crippen molar-refractivity contribution in [3.8, 4) is 5.75 Å². The number of rotatable bonds is 4. The second kappa shape index (κ2) is 4.96. The van der Waals surface area contributed by atoms with Crippen LogP contribution >= 0.6 is 0 Å². The Labute approximate surface area is 90.9 Å². The maximum absolute atomic E-state index is 10.5. The van der Waals surface area contributed by atoms with Gasteiger partial charge in [-0.1, -0.05) is 32.9 Å². The van der Waals surface area contributed by atoms with Crippen LogP contribution in [-0.4, -0.2) is 11.4 Å². The monoisotopic (exact) mass is 206 g/mol. The Morgan fingerprint density at radius 3 is 2.47 bits per heavy atom. The first-order valence-electron chi connectivity index (χ1n) is 5.31. The fraction of sp³-hybridized carbons (Fsp3) is 0.462. The maximum Gasteiger partial charge on any atom is 0.123 e. The van der Waals surface area contributed by atoms with E-state index in [-0.39, 0.29) is 5.92 Å². The van der Waals surface area contributed by atoms with Gasteiger partial charge in [-0.15, -0.1) is 0 Å². The molecule has 1 unspecified atom stereocenters. The Balaban J connectivity index is 2.88. The SMILES string of the molecule is CC(C=O)Cc1ccc(C(C)C)cc1O. The molecule has 0 aliphatic rings. The maximum atomic E-state index is 10.5. The predicted octanol–water partition coefficient (Wildman–Crippen LogP) is 2.89. The van der Waals surface area contributed by atoms with Crippen LogP contribution in [0.5, 0.6) is 5.75 Å². The van der Waals surface area contributed by atoms with E-state index in [2.05, 4.69) is 13.8 Å². The molecule has 0 heterocycles. The number of phenols is 1. The minimum Gasteiger partial charge on any atom is -0.508 e. The Bertz CT molecular complexity index is 342. The second-order valence-electron chi connectivity index (χ2n) is 4.36. The molecular formula is C13H18O2. The topological polar surface area (TPSA) is 37.3 Å². The van der Waals surface area contributed by atoms with Crippen LogP contribution in [0, 0.1) is 5.92 Å². The third kappa shape index (κ3) is 3.08. The van der Waals surface area contributed by atoms with Gasteiger partial charge >= 0.3 is 0 Å². The highest BCUT2D eigenvalue weighted by molar-refractivity contribution is 5.54. The Morgan fingerprint density at radius 1 is 1.33 bits per heavy atom. The number of carbonyl (C=O) groups is 1. The lowest BCUT2D eigenvalue weighted by molar-refractivity contribution is -0.110. The fourth-order valence-electron chi connectivity index (χ4n) is 1.51. The molecule has 2 nitrogen and oxygen atoms in total. The first-order valence-corrected chi connectivity index (χ1v) is 5.31. The van der Waals surface area contributed by atoms with Crippen molar-refractivity contribution in [1.29, 1.82) is 0 Å². The molecule has 0 amide bonds. The van der Waals surface area contributed by atoms with Crippen molar-refractivity contribution in [3.05, 3.63) is 29.3 Å². The summed E-state index contributed by atoms with van der Waals surface area (Å²) >= 11 is 0. The molecule has 0 aromatic heterocycles. The molecule has 1 atom stereocenters. The van der Waals surface area contributed by atoms with E-state index >= 15 is 0 Å². The molecule has 0 saturated carbocycles. The zero-order chi connectivity index (χ0) is 11.4. The highest BCUT2D eigenvalue weighted by Gasteiger charge is 2.08. The summed E-state index contributed by atoms with van der Waals surface area (Å²) in [4.78, 5) is 10.5. The van der Waals surface area contributed by atoms with Crippen LogP contribution in [0.15, 0.2) is 18.2 Å². The van der Waals surface area contributed by atoms with Crippen molar-refractivity contribution >= 4 is 6.29 Å². The zero-order valence-corrected chi connectivity index (χ0v) is 9.53. The van der Waals surface area contributed by atoms with Gasteiger partial charge in [0, 0.05) is 5.92 Å². The standard InChI is InChI=1S/C13H18O2/c1-9(2)11-4-5-12(13(15)7-11)6-10(3)8-14/h4-5,7-10,15H,6H2,1-3H3. The summed E-state index contributed by atoms with van der Waals surface area (Å²) in [7, 11) is 0. The number of carbonyl (C=O) groups excluding carboxylic acids is 1. The van der Waals surface area contributed by atoms with Gasteiger partial charge in [0.25, 0.3) is 0 Å². The number of hydrogen-bond acceptors (Lipinski definition) is 2. The Hall–Kier alpha value is -1.31. The molecule has 82 valence electrons. The fourth-order valence-corrected chi connectivity index (χ4v) is 1.51. The van der Waals surface area contributed by atoms with Crippen LogP contribution in [0.25, 0.3) is 0 Å². The van der Waals surface area contributed by atoms with Crippen molar-refractivity contribution in [1.82, 2.24) is 0 Å². The summed E-state index contributed by atoms with van der Waals surface area (Å²) in [5.41, 5.74) is 1.97. The van der Waals surface area contributed by atoms with Crippen molar-refractivity contribution in [2.24, 2.45) is 5.92 Å². The summed E-state index contributed by atoms with van der Waals surface area (Å²) in [6.07, 6.45) is 1.52. The molecule has 2 heteroatoms. The first-order chi connectivity index (χ1) is 7.04. The number of phenolic OH excluding ortho intramolecular Hbond substituents is 1. The number of hydrogen-bond donors (Lipinski definition) is 1. The van der Waals surface area contributed by atoms with Crippen LogP contribution in [0.2, 0.25) is 0 Å². The van der Waals surface area contributed by atoms with Crippen LogP contribution in [0.1, 0.15) is 37.8 Å². The van der Waals surface area contributed by atoms with E-state index in [1.165, 1.54) is 0 Å². The second-order valence-corrected chi connectivity index (χ2v) is 4.36. The summed E-state index contributed by atoms with van der Waals surface area (Å²) < 4.78 is 0.